The van der Waals surface area contributed by atoms with Crippen LogP contribution in [0.3, 0.4) is 0 Å². The molecule has 4 nitrogen and oxygen atoms in total. The van der Waals surface area contributed by atoms with Gasteiger partial charge in [-0.1, -0.05) is 18.2 Å². The van der Waals surface area contributed by atoms with E-state index in [1.165, 1.54) is 4.90 Å². The van der Waals surface area contributed by atoms with Gasteiger partial charge in [0, 0.05) is 25.0 Å². The maximum Gasteiger partial charge on any atom is 0.254 e. The topological polar surface area (TPSA) is 60.4 Å². The van der Waals surface area contributed by atoms with Gasteiger partial charge in [0.2, 0.25) is 0 Å². The fourth-order valence-corrected chi connectivity index (χ4v) is 1.93. The number of aliphatic carboxylic acids is 1. The normalized spacial score (nSPS) is 19.1. The van der Waals surface area contributed by atoms with Crippen molar-refractivity contribution in [3.05, 3.63) is 35.4 Å². The zero-order chi connectivity index (χ0) is 11.0. The third-order valence-electron chi connectivity index (χ3n) is 2.70. The zero-order valence-electron chi connectivity index (χ0n) is 8.27. The van der Waals surface area contributed by atoms with Crippen LogP contribution in [0.1, 0.15) is 28.4 Å². The van der Waals surface area contributed by atoms with E-state index in [-0.39, 0.29) is 12.3 Å². The second-order valence-electron chi connectivity index (χ2n) is 3.60. The molecule has 1 aromatic carbocycles. The highest BCUT2D eigenvalue weighted by Gasteiger charge is 2.33. The Morgan fingerprint density at radius 1 is 1.47 bits per heavy atom. The maximum atomic E-state index is 11.7. The lowest BCUT2D eigenvalue weighted by molar-refractivity contribution is -0.306. The quantitative estimate of drug-likeness (QED) is 0.678. The van der Waals surface area contributed by atoms with Crippen LogP contribution in [0.5, 0.6) is 0 Å². The number of fused-ring (bicyclic) bond motifs is 1. The van der Waals surface area contributed by atoms with Crippen molar-refractivity contribution >= 4 is 11.9 Å². The second kappa shape index (κ2) is 3.38. The fraction of sp³-hybridized carbons (Fsp3) is 0.273. The Kier molecular flexibility index (Phi) is 2.19. The van der Waals surface area contributed by atoms with Gasteiger partial charge in [-0.15, -0.1) is 0 Å². The molecule has 0 N–H and O–H groups in total. The Bertz CT molecular complexity index is 428. The molecule has 0 radical (unpaired) electrons. The molecule has 1 unspecified atom stereocenters. The zero-order valence-corrected chi connectivity index (χ0v) is 8.27. The molecule has 15 heavy (non-hydrogen) atoms. The lowest BCUT2D eigenvalue weighted by Crippen LogP contribution is -2.30. The van der Waals surface area contributed by atoms with Crippen molar-refractivity contribution in [1.82, 2.24) is 4.90 Å². The van der Waals surface area contributed by atoms with Gasteiger partial charge < -0.3 is 14.8 Å². The monoisotopic (exact) mass is 204 g/mol. The fourth-order valence-electron chi connectivity index (χ4n) is 1.93. The lowest BCUT2D eigenvalue weighted by Gasteiger charge is -2.20. The van der Waals surface area contributed by atoms with Gasteiger partial charge in [0.15, 0.2) is 0 Å². The van der Waals surface area contributed by atoms with Crippen LogP contribution in [-0.4, -0.2) is 23.8 Å². The van der Waals surface area contributed by atoms with E-state index in [2.05, 4.69) is 0 Å². The molecule has 2 rings (SSSR count). The van der Waals surface area contributed by atoms with Gasteiger partial charge in [0.05, 0.1) is 6.04 Å². The number of carboxylic acid groups (broad SMARTS) is 1. The molecule has 1 aliphatic heterocycles. The molecule has 0 fully saturated rings. The predicted octanol–water partition coefficient (Wildman–Crippen LogP) is -0.0467. The van der Waals surface area contributed by atoms with Gasteiger partial charge in [0.1, 0.15) is 0 Å². The second-order valence-corrected chi connectivity index (χ2v) is 3.60. The summed E-state index contributed by atoms with van der Waals surface area (Å²) in [5, 5.41) is 10.6. The summed E-state index contributed by atoms with van der Waals surface area (Å²) in [5.41, 5.74) is 1.36. The molecule has 0 aromatic heterocycles. The average molecular weight is 204 g/mol. The number of carboxylic acids is 1. The molecule has 0 bridgehead atoms. The summed E-state index contributed by atoms with van der Waals surface area (Å²) in [6, 6.07) is 6.67. The summed E-state index contributed by atoms with van der Waals surface area (Å²) in [7, 11) is 1.61. The van der Waals surface area contributed by atoms with Crippen LogP contribution in [0.4, 0.5) is 0 Å². The first-order valence-corrected chi connectivity index (χ1v) is 4.67. The number of nitrogens with zero attached hydrogens (tertiary/aromatic N) is 1. The number of carbonyl (C=O) groups excluding carboxylic acids is 2. The Hall–Kier alpha value is -1.84. The van der Waals surface area contributed by atoms with E-state index in [1.807, 2.05) is 0 Å². The molecular weight excluding hydrogens is 194 g/mol. The Labute approximate surface area is 87.1 Å². The SMILES string of the molecule is CN1C(=O)c2ccccc2C1CC(=O)[O-]. The lowest BCUT2D eigenvalue weighted by atomic mass is 10.0. The number of benzene rings is 1. The molecule has 1 heterocycles. The molecule has 0 saturated heterocycles. The van der Waals surface area contributed by atoms with Crippen LogP contribution in [0.2, 0.25) is 0 Å². The molecule has 1 amide bonds. The summed E-state index contributed by atoms with van der Waals surface area (Å²) < 4.78 is 0. The Morgan fingerprint density at radius 3 is 2.80 bits per heavy atom. The van der Waals surface area contributed by atoms with Crippen molar-refractivity contribution in [3.8, 4) is 0 Å². The highest BCUT2D eigenvalue weighted by molar-refractivity contribution is 5.99. The van der Waals surface area contributed by atoms with Crippen molar-refractivity contribution < 1.29 is 14.7 Å². The summed E-state index contributed by atoms with van der Waals surface area (Å²) in [6.45, 7) is 0. The summed E-state index contributed by atoms with van der Waals surface area (Å²) in [5.74, 6) is -1.27. The van der Waals surface area contributed by atoms with Crippen molar-refractivity contribution in [2.45, 2.75) is 12.5 Å². The third-order valence-corrected chi connectivity index (χ3v) is 2.70. The molecule has 1 aromatic rings. The molecule has 1 atom stereocenters. The van der Waals surface area contributed by atoms with E-state index in [9.17, 15) is 14.7 Å². The minimum atomic E-state index is -1.14. The number of hydrogen-bond acceptors (Lipinski definition) is 3. The average Bonchev–Trinajstić information content (AvgIpc) is 2.44. The van der Waals surface area contributed by atoms with Gasteiger partial charge in [-0.2, -0.15) is 0 Å². The van der Waals surface area contributed by atoms with E-state index in [0.29, 0.717) is 5.56 Å². The van der Waals surface area contributed by atoms with E-state index in [1.54, 1.807) is 31.3 Å². The minimum absolute atomic E-state index is 0.128. The molecule has 1 aliphatic rings. The predicted molar refractivity (Wildman–Crippen MR) is 50.9 cm³/mol. The van der Waals surface area contributed by atoms with Crippen LogP contribution in [0.25, 0.3) is 0 Å². The first-order valence-electron chi connectivity index (χ1n) is 4.67. The molecule has 78 valence electrons. The van der Waals surface area contributed by atoms with Crippen molar-refractivity contribution in [2.75, 3.05) is 7.05 Å². The van der Waals surface area contributed by atoms with Crippen molar-refractivity contribution in [1.29, 1.82) is 0 Å². The number of rotatable bonds is 2. The van der Waals surface area contributed by atoms with Crippen molar-refractivity contribution in [2.24, 2.45) is 0 Å². The number of amides is 1. The largest absolute Gasteiger partial charge is 0.550 e. The molecule has 0 saturated carbocycles. The maximum absolute atomic E-state index is 11.7. The molecule has 0 aliphatic carbocycles. The smallest absolute Gasteiger partial charge is 0.254 e. The van der Waals surface area contributed by atoms with Gasteiger partial charge in [-0.05, 0) is 11.6 Å². The van der Waals surface area contributed by atoms with E-state index < -0.39 is 12.0 Å². The van der Waals surface area contributed by atoms with Crippen LogP contribution < -0.4 is 5.11 Å². The Balaban J connectivity index is 2.42. The molecule has 0 spiro atoms. The highest BCUT2D eigenvalue weighted by Crippen LogP contribution is 2.33. The Morgan fingerprint density at radius 2 is 2.13 bits per heavy atom. The standard InChI is InChI=1S/C11H11NO3/c1-12-9(6-10(13)14)7-4-2-3-5-8(7)11(12)15/h2-5,9H,6H2,1H3,(H,13,14)/p-1. The van der Waals surface area contributed by atoms with Crippen LogP contribution in [-0.2, 0) is 4.79 Å². The number of carbonyl (C=O) groups is 2. The summed E-state index contributed by atoms with van der Waals surface area (Å²) >= 11 is 0. The first-order chi connectivity index (χ1) is 7.11. The van der Waals surface area contributed by atoms with Crippen LogP contribution in [0, 0.1) is 0 Å². The van der Waals surface area contributed by atoms with Crippen LogP contribution in [0.15, 0.2) is 24.3 Å². The molecule has 4 heteroatoms. The van der Waals surface area contributed by atoms with E-state index in [4.69, 9.17) is 0 Å². The van der Waals surface area contributed by atoms with Gasteiger partial charge in [-0.25, -0.2) is 0 Å². The van der Waals surface area contributed by atoms with Crippen molar-refractivity contribution in [3.63, 3.8) is 0 Å². The van der Waals surface area contributed by atoms with E-state index >= 15 is 0 Å². The minimum Gasteiger partial charge on any atom is -0.550 e. The van der Waals surface area contributed by atoms with Gasteiger partial charge in [-0.3, -0.25) is 4.79 Å². The molecular formula is C11H10NO3-. The number of hydrogen-bond donors (Lipinski definition) is 0. The van der Waals surface area contributed by atoms with Crippen LogP contribution >= 0.6 is 0 Å². The van der Waals surface area contributed by atoms with Gasteiger partial charge in [0.25, 0.3) is 5.91 Å². The summed E-state index contributed by atoms with van der Waals surface area (Å²) in [6.07, 6.45) is -0.154. The highest BCUT2D eigenvalue weighted by atomic mass is 16.4. The van der Waals surface area contributed by atoms with E-state index in [0.717, 1.165) is 5.56 Å². The summed E-state index contributed by atoms with van der Waals surface area (Å²) in [4.78, 5) is 23.7. The third kappa shape index (κ3) is 1.48. The first kappa shape index (κ1) is 9.71. The van der Waals surface area contributed by atoms with Gasteiger partial charge >= 0.3 is 0 Å².